The van der Waals surface area contributed by atoms with E-state index in [-0.39, 0.29) is 10.6 Å². The smallest absolute Gasteiger partial charge is 0.342 e. The van der Waals surface area contributed by atoms with Crippen LogP contribution >= 0.6 is 0 Å². The van der Waals surface area contributed by atoms with E-state index in [2.05, 4.69) is 5.10 Å². The lowest BCUT2D eigenvalue weighted by Crippen LogP contribution is -2.28. The Labute approximate surface area is 170 Å². The first-order valence-corrected chi connectivity index (χ1v) is 10.4. The molecule has 0 fully saturated rings. The number of rotatable bonds is 6. The summed E-state index contributed by atoms with van der Waals surface area (Å²) in [6, 6.07) is 14.8. The fraction of sp³-hybridized carbons (Fsp3) is 0.238. The summed E-state index contributed by atoms with van der Waals surface area (Å²) < 4.78 is 33.7. The molecule has 0 saturated heterocycles. The topological polar surface area (TPSA) is 81.5 Å². The minimum atomic E-state index is -4.07. The number of hydrogen-bond donors (Lipinski definition) is 0. The maximum Gasteiger partial charge on any atom is 0.342 e. The number of hydrogen-bond acceptors (Lipinski definition) is 5. The quantitative estimate of drug-likeness (QED) is 0.580. The second-order valence-electron chi connectivity index (χ2n) is 6.83. The first-order valence-electron chi connectivity index (χ1n) is 8.99. The average molecular weight is 413 g/mol. The number of carbonyl (C=O) groups excluding carboxylic acids is 1. The number of carbonyl (C=O) groups is 1. The monoisotopic (exact) mass is 413 g/mol. The molecule has 3 rings (SSSR count). The van der Waals surface area contributed by atoms with E-state index in [9.17, 15) is 13.2 Å². The van der Waals surface area contributed by atoms with Crippen molar-refractivity contribution in [2.24, 2.45) is 0 Å². The molecule has 0 radical (unpaired) electrons. The molecule has 1 aromatic heterocycles. The third-order valence-electron chi connectivity index (χ3n) is 4.60. The molecule has 1 heterocycles. The van der Waals surface area contributed by atoms with Gasteiger partial charge in [0.1, 0.15) is 5.56 Å². The minimum absolute atomic E-state index is 0.0985. The van der Waals surface area contributed by atoms with Crippen LogP contribution in [0, 0.1) is 13.8 Å². The molecule has 0 amide bonds. The maximum absolute atomic E-state index is 13.2. The lowest BCUT2D eigenvalue weighted by Gasteiger charge is -2.18. The Morgan fingerprint density at radius 3 is 2.14 bits per heavy atom. The Morgan fingerprint density at radius 2 is 1.59 bits per heavy atom. The zero-order chi connectivity index (χ0) is 21.2. The van der Waals surface area contributed by atoms with E-state index in [1.54, 1.807) is 12.1 Å². The molecule has 29 heavy (non-hydrogen) atoms. The number of sulfonamides is 1. The van der Waals surface area contributed by atoms with Gasteiger partial charge >= 0.3 is 5.97 Å². The summed E-state index contributed by atoms with van der Waals surface area (Å²) in [6.07, 6.45) is 1.40. The van der Waals surface area contributed by atoms with Crippen molar-refractivity contribution in [3.05, 3.63) is 77.0 Å². The van der Waals surface area contributed by atoms with Crippen LogP contribution in [0.3, 0.4) is 0 Å². The largest absolute Gasteiger partial charge is 0.465 e. The van der Waals surface area contributed by atoms with E-state index in [0.717, 1.165) is 21.0 Å². The Morgan fingerprint density at radius 1 is 1.03 bits per heavy atom. The highest BCUT2D eigenvalue weighted by atomic mass is 32.2. The molecule has 0 aliphatic heterocycles. The Balaban J connectivity index is 2.01. The number of aromatic nitrogens is 2. The third-order valence-corrected chi connectivity index (χ3v) is 6.32. The van der Waals surface area contributed by atoms with Gasteiger partial charge in [-0.3, -0.25) is 8.99 Å². The summed E-state index contributed by atoms with van der Waals surface area (Å²) in [5, 5.41) is 3.89. The SMILES string of the molecule is COC(=O)c1cn(Cc2ccc(C)cc2)nc1S(=O)(=O)N(C)c1ccc(C)cc1. The molecule has 0 N–H and O–H groups in total. The summed E-state index contributed by atoms with van der Waals surface area (Å²) in [4.78, 5) is 12.2. The highest BCUT2D eigenvalue weighted by Crippen LogP contribution is 2.24. The van der Waals surface area contributed by atoms with E-state index >= 15 is 0 Å². The molecule has 0 unspecified atom stereocenters. The van der Waals surface area contributed by atoms with Crippen molar-refractivity contribution in [3.63, 3.8) is 0 Å². The lowest BCUT2D eigenvalue weighted by molar-refractivity contribution is 0.0596. The summed E-state index contributed by atoms with van der Waals surface area (Å²) >= 11 is 0. The Kier molecular flexibility index (Phi) is 5.74. The lowest BCUT2D eigenvalue weighted by atomic mass is 10.1. The van der Waals surface area contributed by atoms with Gasteiger partial charge in [0.2, 0.25) is 5.03 Å². The van der Waals surface area contributed by atoms with Gasteiger partial charge in [-0.2, -0.15) is 13.5 Å². The van der Waals surface area contributed by atoms with E-state index in [1.165, 1.54) is 25.0 Å². The van der Waals surface area contributed by atoms with Crippen molar-refractivity contribution < 1.29 is 17.9 Å². The number of methoxy groups -OCH3 is 1. The fourth-order valence-electron chi connectivity index (χ4n) is 2.83. The molecule has 0 bridgehead atoms. The van der Waals surface area contributed by atoms with Crippen LogP contribution in [-0.4, -0.2) is 38.3 Å². The molecule has 8 heteroatoms. The van der Waals surface area contributed by atoms with Crippen LogP contribution in [0.25, 0.3) is 0 Å². The average Bonchev–Trinajstić information content (AvgIpc) is 3.14. The molecule has 0 saturated carbocycles. The van der Waals surface area contributed by atoms with Crippen LogP contribution in [0.2, 0.25) is 0 Å². The molecular formula is C21H23N3O4S. The van der Waals surface area contributed by atoms with E-state index < -0.39 is 16.0 Å². The number of nitrogens with zero attached hydrogens (tertiary/aromatic N) is 3. The molecule has 0 aliphatic rings. The zero-order valence-corrected chi connectivity index (χ0v) is 17.6. The normalized spacial score (nSPS) is 11.3. The Bertz CT molecular complexity index is 1120. The van der Waals surface area contributed by atoms with Crippen molar-refractivity contribution in [2.45, 2.75) is 25.4 Å². The first-order chi connectivity index (χ1) is 13.7. The third kappa shape index (κ3) is 4.32. The van der Waals surface area contributed by atoms with Crippen molar-refractivity contribution in [2.75, 3.05) is 18.5 Å². The van der Waals surface area contributed by atoms with Crippen molar-refractivity contribution >= 4 is 21.7 Å². The molecule has 0 spiro atoms. The second kappa shape index (κ2) is 8.08. The first kappa shape index (κ1) is 20.6. The summed E-state index contributed by atoms with van der Waals surface area (Å²) in [5.41, 5.74) is 3.44. The molecule has 7 nitrogen and oxygen atoms in total. The molecule has 0 atom stereocenters. The molecular weight excluding hydrogens is 390 g/mol. The van der Waals surface area contributed by atoms with E-state index in [4.69, 9.17) is 4.74 Å². The van der Waals surface area contributed by atoms with Crippen molar-refractivity contribution in [1.82, 2.24) is 9.78 Å². The number of ether oxygens (including phenoxy) is 1. The van der Waals surface area contributed by atoms with Crippen LogP contribution in [0.5, 0.6) is 0 Å². The summed E-state index contributed by atoms with van der Waals surface area (Å²) in [6.45, 7) is 4.23. The highest BCUT2D eigenvalue weighted by Gasteiger charge is 2.31. The Hall–Kier alpha value is -3.13. The van der Waals surface area contributed by atoms with Crippen LogP contribution in [0.15, 0.2) is 59.8 Å². The van der Waals surface area contributed by atoms with Gasteiger partial charge in [-0.25, -0.2) is 4.79 Å². The van der Waals surface area contributed by atoms with Crippen molar-refractivity contribution in [1.29, 1.82) is 0 Å². The van der Waals surface area contributed by atoms with Gasteiger partial charge in [-0.1, -0.05) is 47.5 Å². The number of aryl methyl sites for hydroxylation is 2. The summed E-state index contributed by atoms with van der Waals surface area (Å²) in [7, 11) is -1.43. The predicted octanol–water partition coefficient (Wildman–Crippen LogP) is 3.16. The van der Waals surface area contributed by atoms with Gasteiger partial charge < -0.3 is 4.74 Å². The molecule has 152 valence electrons. The van der Waals surface area contributed by atoms with Gasteiger partial charge in [0.05, 0.1) is 19.3 Å². The minimum Gasteiger partial charge on any atom is -0.465 e. The summed E-state index contributed by atoms with van der Waals surface area (Å²) in [5.74, 6) is -0.754. The van der Waals surface area contributed by atoms with E-state index in [0.29, 0.717) is 12.2 Å². The van der Waals surface area contributed by atoms with Gasteiger partial charge in [0, 0.05) is 13.2 Å². The van der Waals surface area contributed by atoms with Gasteiger partial charge in [-0.15, -0.1) is 0 Å². The standard InChI is InChI=1S/C21H23N3O4S/c1-15-5-9-17(10-6-15)13-24-14-19(21(25)28-4)20(22-24)29(26,27)23(3)18-11-7-16(2)8-12-18/h5-12,14H,13H2,1-4H3. The number of benzene rings is 2. The number of esters is 1. The molecule has 0 aliphatic carbocycles. The van der Waals surface area contributed by atoms with Gasteiger partial charge in [0.15, 0.2) is 0 Å². The second-order valence-corrected chi connectivity index (χ2v) is 8.72. The maximum atomic E-state index is 13.2. The predicted molar refractivity (Wildman–Crippen MR) is 111 cm³/mol. The molecule has 2 aromatic carbocycles. The fourth-order valence-corrected chi connectivity index (χ4v) is 4.11. The zero-order valence-electron chi connectivity index (χ0n) is 16.8. The van der Waals surface area contributed by atoms with Gasteiger partial charge in [-0.05, 0) is 31.5 Å². The van der Waals surface area contributed by atoms with Crippen LogP contribution in [-0.2, 0) is 21.3 Å². The molecule has 3 aromatic rings. The van der Waals surface area contributed by atoms with Crippen LogP contribution in [0.1, 0.15) is 27.0 Å². The van der Waals surface area contributed by atoms with Gasteiger partial charge in [0.25, 0.3) is 10.0 Å². The van der Waals surface area contributed by atoms with Crippen LogP contribution < -0.4 is 4.31 Å². The van der Waals surface area contributed by atoms with Crippen LogP contribution in [0.4, 0.5) is 5.69 Å². The highest BCUT2D eigenvalue weighted by molar-refractivity contribution is 7.92. The van der Waals surface area contributed by atoms with E-state index in [1.807, 2.05) is 50.2 Å². The number of anilines is 1. The van der Waals surface area contributed by atoms with Crippen molar-refractivity contribution in [3.8, 4) is 0 Å².